The molecule has 1 N–H and O–H groups in total. The van der Waals surface area contributed by atoms with Crippen LogP contribution in [0.1, 0.15) is 24.8 Å². The molecular weight excluding hydrogens is 304 g/mol. The molecule has 114 valence electrons. The Balaban J connectivity index is 2.06. The van der Waals surface area contributed by atoms with Gasteiger partial charge in [-0.1, -0.05) is 48.9 Å². The maximum absolute atomic E-state index is 12.1. The van der Waals surface area contributed by atoms with Gasteiger partial charge in [-0.25, -0.2) is 0 Å². The van der Waals surface area contributed by atoms with Crippen LogP contribution in [0.3, 0.4) is 0 Å². The molecule has 0 aromatic heterocycles. The van der Waals surface area contributed by atoms with E-state index in [0.29, 0.717) is 0 Å². The number of carbonyl (C=O) groups is 1. The molecule has 22 heavy (non-hydrogen) atoms. The normalized spacial score (nSPS) is 11.7. The summed E-state index contributed by atoms with van der Waals surface area (Å²) in [6.07, 6.45) is 0.267. The lowest BCUT2D eigenvalue weighted by molar-refractivity contribution is -0.384. The largest absolute Gasteiger partial charge is 0.325 e. The molecule has 2 aromatic carbocycles. The summed E-state index contributed by atoms with van der Waals surface area (Å²) >= 11 is 5.96. The van der Waals surface area contributed by atoms with Crippen molar-refractivity contribution in [2.24, 2.45) is 0 Å². The van der Waals surface area contributed by atoms with Crippen molar-refractivity contribution in [3.8, 4) is 0 Å². The summed E-state index contributed by atoms with van der Waals surface area (Å²) in [4.78, 5) is 22.3. The lowest BCUT2D eigenvalue weighted by Gasteiger charge is -2.12. The van der Waals surface area contributed by atoms with Crippen molar-refractivity contribution < 1.29 is 9.72 Å². The fourth-order valence-corrected chi connectivity index (χ4v) is 2.27. The first-order valence-corrected chi connectivity index (χ1v) is 7.14. The number of nitrogens with zero attached hydrogens (tertiary/aromatic N) is 1. The van der Waals surface area contributed by atoms with Crippen LogP contribution in [0.4, 0.5) is 11.4 Å². The first-order valence-electron chi connectivity index (χ1n) is 6.76. The Labute approximate surface area is 133 Å². The summed E-state index contributed by atoms with van der Waals surface area (Å²) in [5.41, 5.74) is 1.19. The van der Waals surface area contributed by atoms with Crippen molar-refractivity contribution in [1.29, 1.82) is 0 Å². The fraction of sp³-hybridized carbons (Fsp3) is 0.188. The molecule has 2 aromatic rings. The lowest BCUT2D eigenvalue weighted by Crippen LogP contribution is -2.14. The Bertz CT molecular complexity index is 689. The number of halogens is 1. The van der Waals surface area contributed by atoms with E-state index in [-0.39, 0.29) is 34.6 Å². The Morgan fingerprint density at radius 2 is 1.95 bits per heavy atom. The van der Waals surface area contributed by atoms with Gasteiger partial charge in [0.25, 0.3) is 5.69 Å². The second-order valence-corrected chi connectivity index (χ2v) is 5.39. The standard InChI is InChI=1S/C16H15ClN2O3/c1-11(12-5-3-2-4-6-12)9-16(20)18-15-10-13(19(21)22)7-8-14(15)17/h2-8,10-11H,9H2,1H3,(H,18,20)/t11-/m0/s1. The third-order valence-corrected chi connectivity index (χ3v) is 3.62. The molecular formula is C16H15ClN2O3. The van der Waals surface area contributed by atoms with E-state index in [9.17, 15) is 14.9 Å². The van der Waals surface area contributed by atoms with Crippen molar-refractivity contribution >= 4 is 28.9 Å². The topological polar surface area (TPSA) is 72.2 Å². The van der Waals surface area contributed by atoms with Crippen LogP contribution >= 0.6 is 11.6 Å². The van der Waals surface area contributed by atoms with Crippen LogP contribution in [0.15, 0.2) is 48.5 Å². The number of non-ortho nitro benzene ring substituents is 1. The minimum absolute atomic E-state index is 0.0404. The molecule has 5 nitrogen and oxygen atoms in total. The van der Waals surface area contributed by atoms with Crippen molar-refractivity contribution in [1.82, 2.24) is 0 Å². The van der Waals surface area contributed by atoms with Crippen LogP contribution in [0.2, 0.25) is 5.02 Å². The molecule has 6 heteroatoms. The van der Waals surface area contributed by atoms with Gasteiger partial charge in [0, 0.05) is 18.6 Å². The number of carbonyl (C=O) groups excluding carboxylic acids is 1. The zero-order chi connectivity index (χ0) is 16.1. The quantitative estimate of drug-likeness (QED) is 0.656. The van der Waals surface area contributed by atoms with Crippen LogP contribution in [0.5, 0.6) is 0 Å². The molecule has 0 saturated carbocycles. The number of hydrogen-bond donors (Lipinski definition) is 1. The molecule has 0 radical (unpaired) electrons. The maximum atomic E-state index is 12.1. The van der Waals surface area contributed by atoms with Crippen LogP contribution < -0.4 is 5.32 Å². The zero-order valence-corrected chi connectivity index (χ0v) is 12.7. The van der Waals surface area contributed by atoms with E-state index in [1.165, 1.54) is 18.2 Å². The summed E-state index contributed by atoms with van der Waals surface area (Å²) in [6, 6.07) is 13.6. The van der Waals surface area contributed by atoms with Crippen LogP contribution in [-0.4, -0.2) is 10.8 Å². The van der Waals surface area contributed by atoms with Gasteiger partial charge in [-0.15, -0.1) is 0 Å². The molecule has 0 aliphatic carbocycles. The third kappa shape index (κ3) is 4.05. The average Bonchev–Trinajstić information content (AvgIpc) is 2.50. The van der Waals surface area contributed by atoms with Gasteiger partial charge in [0.1, 0.15) is 0 Å². The summed E-state index contributed by atoms with van der Waals surface area (Å²) in [5.74, 6) is -0.197. The molecule has 0 fully saturated rings. The van der Waals surface area contributed by atoms with E-state index in [1.54, 1.807) is 0 Å². The van der Waals surface area contributed by atoms with E-state index in [2.05, 4.69) is 5.32 Å². The molecule has 1 amide bonds. The summed E-state index contributed by atoms with van der Waals surface area (Å²) in [7, 11) is 0. The Morgan fingerprint density at radius 3 is 2.59 bits per heavy atom. The molecule has 0 saturated heterocycles. The van der Waals surface area contributed by atoms with Crippen molar-refractivity contribution in [2.75, 3.05) is 5.32 Å². The predicted octanol–water partition coefficient (Wildman–Crippen LogP) is 4.38. The van der Waals surface area contributed by atoms with Crippen LogP contribution in [-0.2, 0) is 4.79 Å². The van der Waals surface area contributed by atoms with Crippen molar-refractivity contribution in [3.05, 3.63) is 69.2 Å². The van der Waals surface area contributed by atoms with Crippen LogP contribution in [0, 0.1) is 10.1 Å². The second kappa shape index (κ2) is 7.04. The van der Waals surface area contributed by atoms with E-state index in [1.807, 2.05) is 37.3 Å². The summed E-state index contributed by atoms with van der Waals surface area (Å²) in [5, 5.41) is 13.7. The number of amides is 1. The average molecular weight is 319 g/mol. The minimum Gasteiger partial charge on any atom is -0.325 e. The number of nitro groups is 1. The monoisotopic (exact) mass is 318 g/mol. The highest BCUT2D eigenvalue weighted by molar-refractivity contribution is 6.33. The number of rotatable bonds is 5. The summed E-state index contributed by atoms with van der Waals surface area (Å²) in [6.45, 7) is 1.95. The van der Waals surface area contributed by atoms with Crippen molar-refractivity contribution in [2.45, 2.75) is 19.3 Å². The Morgan fingerprint density at radius 1 is 1.27 bits per heavy atom. The van der Waals surface area contributed by atoms with E-state index >= 15 is 0 Å². The molecule has 1 atom stereocenters. The van der Waals surface area contributed by atoms with Crippen LogP contribution in [0.25, 0.3) is 0 Å². The highest BCUT2D eigenvalue weighted by atomic mass is 35.5. The first-order chi connectivity index (χ1) is 10.5. The molecule has 0 unspecified atom stereocenters. The van der Waals surface area contributed by atoms with Gasteiger partial charge in [-0.2, -0.15) is 0 Å². The summed E-state index contributed by atoms with van der Waals surface area (Å²) < 4.78 is 0. The van der Waals surface area contributed by atoms with Gasteiger partial charge in [0.2, 0.25) is 5.91 Å². The van der Waals surface area contributed by atoms with Gasteiger partial charge in [0.05, 0.1) is 15.6 Å². The van der Waals surface area contributed by atoms with Crippen molar-refractivity contribution in [3.63, 3.8) is 0 Å². The Kier molecular flexibility index (Phi) is 5.12. The highest BCUT2D eigenvalue weighted by Gasteiger charge is 2.15. The van der Waals surface area contributed by atoms with Gasteiger partial charge in [-0.3, -0.25) is 14.9 Å². The van der Waals surface area contributed by atoms with E-state index in [4.69, 9.17) is 11.6 Å². The predicted molar refractivity (Wildman–Crippen MR) is 86.2 cm³/mol. The molecule has 0 heterocycles. The lowest BCUT2D eigenvalue weighted by atomic mass is 9.97. The number of anilines is 1. The van der Waals surface area contributed by atoms with E-state index in [0.717, 1.165) is 5.56 Å². The second-order valence-electron chi connectivity index (χ2n) is 4.99. The molecule has 0 spiro atoms. The zero-order valence-electron chi connectivity index (χ0n) is 12.0. The van der Waals surface area contributed by atoms with Gasteiger partial charge >= 0.3 is 0 Å². The molecule has 0 aliphatic heterocycles. The first kappa shape index (κ1) is 16.0. The molecule has 0 aliphatic rings. The molecule has 2 rings (SSSR count). The number of nitro benzene ring substituents is 1. The van der Waals surface area contributed by atoms with Gasteiger partial charge in [0.15, 0.2) is 0 Å². The van der Waals surface area contributed by atoms with Gasteiger partial charge in [-0.05, 0) is 17.5 Å². The Hall–Kier alpha value is -2.40. The number of nitrogens with one attached hydrogen (secondary N) is 1. The minimum atomic E-state index is -0.529. The SMILES string of the molecule is C[C@@H](CC(=O)Nc1cc([N+](=O)[O-])ccc1Cl)c1ccccc1. The highest BCUT2D eigenvalue weighted by Crippen LogP contribution is 2.27. The third-order valence-electron chi connectivity index (χ3n) is 3.30. The number of hydrogen-bond acceptors (Lipinski definition) is 3. The maximum Gasteiger partial charge on any atom is 0.271 e. The van der Waals surface area contributed by atoms with Gasteiger partial charge < -0.3 is 5.32 Å². The molecule has 0 bridgehead atoms. The number of benzene rings is 2. The van der Waals surface area contributed by atoms with E-state index < -0.39 is 4.92 Å². The smallest absolute Gasteiger partial charge is 0.271 e. The fourth-order valence-electron chi connectivity index (χ4n) is 2.10.